The predicted octanol–water partition coefficient (Wildman–Crippen LogP) is 4.71. The zero-order chi connectivity index (χ0) is 25.7. The van der Waals surface area contributed by atoms with Gasteiger partial charge in [0.15, 0.2) is 0 Å². The lowest BCUT2D eigenvalue weighted by Crippen LogP contribution is -2.51. The van der Waals surface area contributed by atoms with Crippen LogP contribution in [0, 0.1) is 27.7 Å². The molecule has 4 rings (SSSR count). The number of methoxy groups -OCH3 is 1. The largest absolute Gasteiger partial charge is 0.497 e. The number of aryl methyl sites for hydroxylation is 4. The lowest BCUT2D eigenvalue weighted by Gasteiger charge is -2.37. The maximum absolute atomic E-state index is 5.65. The molecule has 1 fully saturated rings. The third kappa shape index (κ3) is 6.48. The molecule has 188 valence electrons. The molecule has 1 aliphatic heterocycles. The van der Waals surface area contributed by atoms with Crippen LogP contribution in [0.5, 0.6) is 5.75 Å². The van der Waals surface area contributed by atoms with Gasteiger partial charge in [-0.1, -0.05) is 12.1 Å². The van der Waals surface area contributed by atoms with E-state index >= 15 is 0 Å². The Bertz CT molecular complexity index is 1230. The molecule has 8 nitrogen and oxygen atoms in total. The molecular weight excluding hydrogens is 470 g/mol. The van der Waals surface area contributed by atoms with Gasteiger partial charge in [-0.3, -0.25) is 5.32 Å². The average Bonchev–Trinajstić information content (AvgIpc) is 2.85. The van der Waals surface area contributed by atoms with Crippen LogP contribution < -0.4 is 20.3 Å². The smallest absolute Gasteiger partial charge is 0.229 e. The number of nitrogens with one attached hydrogen (secondary N) is 2. The van der Waals surface area contributed by atoms with Crippen LogP contribution in [-0.2, 0) is 0 Å². The standard InChI is InChI=1S/C27H33N7OS/c1-18-6-7-19(2)24(16-18)30-27(36)32-26(31-25-28-20(3)17-21(4)29-25)34-14-12-33(13-15-34)22-8-10-23(35-5)11-9-22/h6-11,16-17H,12-15H2,1-5H3,(H2,28,29,30,31,32,36). The number of hydrogen-bond donors (Lipinski definition) is 2. The van der Waals surface area contributed by atoms with Gasteiger partial charge in [0.25, 0.3) is 0 Å². The summed E-state index contributed by atoms with van der Waals surface area (Å²) in [6, 6.07) is 16.3. The predicted molar refractivity (Wildman–Crippen MR) is 151 cm³/mol. The van der Waals surface area contributed by atoms with Crippen molar-refractivity contribution >= 4 is 40.6 Å². The number of piperazine rings is 1. The van der Waals surface area contributed by atoms with Crippen LogP contribution in [0.2, 0.25) is 0 Å². The molecule has 0 unspecified atom stereocenters. The van der Waals surface area contributed by atoms with Crippen LogP contribution in [0.1, 0.15) is 22.5 Å². The number of ether oxygens (including phenoxy) is 1. The zero-order valence-electron chi connectivity index (χ0n) is 21.5. The van der Waals surface area contributed by atoms with Gasteiger partial charge >= 0.3 is 0 Å². The van der Waals surface area contributed by atoms with Crippen LogP contribution in [0.15, 0.2) is 53.5 Å². The number of thiocarbonyl (C=S) groups is 1. The first-order valence-electron chi connectivity index (χ1n) is 12.0. The fraction of sp³-hybridized carbons (Fsp3) is 0.333. The minimum Gasteiger partial charge on any atom is -0.497 e. The molecule has 2 N–H and O–H groups in total. The van der Waals surface area contributed by atoms with E-state index in [1.807, 2.05) is 32.0 Å². The van der Waals surface area contributed by atoms with E-state index in [0.717, 1.165) is 60.1 Å². The first kappa shape index (κ1) is 25.4. The van der Waals surface area contributed by atoms with Gasteiger partial charge < -0.3 is 19.9 Å². The number of benzene rings is 2. The number of rotatable bonds is 4. The molecule has 2 heterocycles. The maximum atomic E-state index is 5.65. The summed E-state index contributed by atoms with van der Waals surface area (Å²) in [6.45, 7) is 11.3. The van der Waals surface area contributed by atoms with Gasteiger partial charge in [-0.05, 0) is 87.4 Å². The molecule has 0 bridgehead atoms. The summed E-state index contributed by atoms with van der Waals surface area (Å²) in [5.74, 6) is 2.00. The van der Waals surface area contributed by atoms with E-state index in [1.54, 1.807) is 7.11 Å². The molecule has 0 aliphatic carbocycles. The Labute approximate surface area is 218 Å². The monoisotopic (exact) mass is 503 g/mol. The number of aliphatic imine (C=N–C) groups is 1. The maximum Gasteiger partial charge on any atom is 0.229 e. The van der Waals surface area contributed by atoms with E-state index in [0.29, 0.717) is 17.0 Å². The second-order valence-electron chi connectivity index (χ2n) is 8.96. The van der Waals surface area contributed by atoms with Gasteiger partial charge in [-0.2, -0.15) is 4.99 Å². The molecule has 9 heteroatoms. The van der Waals surface area contributed by atoms with Crippen molar-refractivity contribution in [2.75, 3.05) is 48.8 Å². The molecule has 36 heavy (non-hydrogen) atoms. The fourth-order valence-corrected chi connectivity index (χ4v) is 4.34. The summed E-state index contributed by atoms with van der Waals surface area (Å²) < 4.78 is 5.29. The van der Waals surface area contributed by atoms with Crippen molar-refractivity contribution in [1.29, 1.82) is 0 Å². The van der Waals surface area contributed by atoms with Crippen molar-refractivity contribution in [1.82, 2.24) is 14.9 Å². The fourth-order valence-electron chi connectivity index (χ4n) is 4.14. The van der Waals surface area contributed by atoms with E-state index in [4.69, 9.17) is 21.9 Å². The van der Waals surface area contributed by atoms with Gasteiger partial charge in [0.2, 0.25) is 17.0 Å². The Kier molecular flexibility index (Phi) is 8.00. The van der Waals surface area contributed by atoms with Gasteiger partial charge in [-0.25, -0.2) is 9.97 Å². The van der Waals surface area contributed by atoms with Crippen molar-refractivity contribution in [2.45, 2.75) is 27.7 Å². The Hall–Kier alpha value is -3.72. The number of aromatic nitrogens is 2. The molecular formula is C27H33N7OS. The van der Waals surface area contributed by atoms with E-state index in [-0.39, 0.29) is 0 Å². The average molecular weight is 504 g/mol. The first-order chi connectivity index (χ1) is 17.3. The van der Waals surface area contributed by atoms with Crippen LogP contribution in [-0.4, -0.2) is 59.2 Å². The number of nitrogens with zero attached hydrogens (tertiary/aromatic N) is 5. The third-order valence-corrected chi connectivity index (χ3v) is 6.26. The Morgan fingerprint density at radius 1 is 0.889 bits per heavy atom. The number of hydrogen-bond acceptors (Lipinski definition) is 5. The summed E-state index contributed by atoms with van der Waals surface area (Å²) >= 11 is 5.65. The minimum atomic E-state index is 0.383. The normalized spacial score (nSPS) is 14.0. The van der Waals surface area contributed by atoms with Crippen molar-refractivity contribution in [3.8, 4) is 5.75 Å². The van der Waals surface area contributed by atoms with Crippen LogP contribution in [0.4, 0.5) is 17.3 Å². The first-order valence-corrected chi connectivity index (χ1v) is 12.4. The second kappa shape index (κ2) is 11.3. The molecule has 3 aromatic rings. The molecule has 0 atom stereocenters. The van der Waals surface area contributed by atoms with Crippen LogP contribution in [0.25, 0.3) is 0 Å². The molecule has 0 radical (unpaired) electrons. The lowest BCUT2D eigenvalue weighted by atomic mass is 10.1. The summed E-state index contributed by atoms with van der Waals surface area (Å²) in [7, 11) is 1.68. The van der Waals surface area contributed by atoms with Gasteiger partial charge in [0.05, 0.1) is 7.11 Å². The molecule has 1 saturated heterocycles. The van der Waals surface area contributed by atoms with Crippen LogP contribution >= 0.6 is 12.2 Å². The van der Waals surface area contributed by atoms with E-state index < -0.39 is 0 Å². The molecule has 0 saturated carbocycles. The highest BCUT2D eigenvalue weighted by Crippen LogP contribution is 2.21. The highest BCUT2D eigenvalue weighted by Gasteiger charge is 2.22. The number of anilines is 3. The Morgan fingerprint density at radius 3 is 2.19 bits per heavy atom. The quantitative estimate of drug-likeness (QED) is 0.301. The summed E-state index contributed by atoms with van der Waals surface area (Å²) in [4.78, 5) is 18.4. The molecule has 1 aliphatic rings. The Balaban J connectivity index is 1.53. The van der Waals surface area contributed by atoms with Crippen molar-refractivity contribution in [3.05, 3.63) is 71.0 Å². The highest BCUT2D eigenvalue weighted by atomic mass is 32.1. The van der Waals surface area contributed by atoms with Crippen LogP contribution in [0.3, 0.4) is 0 Å². The lowest BCUT2D eigenvalue weighted by molar-refractivity contribution is 0.385. The SMILES string of the molecule is COc1ccc(N2CCN(/C(=N\C(=S)Nc3cc(C)ccc3C)Nc3nc(C)cc(C)n3)CC2)cc1. The van der Waals surface area contributed by atoms with E-state index in [2.05, 4.69) is 74.6 Å². The Morgan fingerprint density at radius 2 is 1.56 bits per heavy atom. The molecule has 2 aromatic carbocycles. The minimum absolute atomic E-state index is 0.383. The number of guanidine groups is 1. The van der Waals surface area contributed by atoms with Gasteiger partial charge in [-0.15, -0.1) is 0 Å². The third-order valence-electron chi connectivity index (χ3n) is 6.06. The summed E-state index contributed by atoms with van der Waals surface area (Å²) in [6.07, 6.45) is 0. The topological polar surface area (TPSA) is 77.9 Å². The zero-order valence-corrected chi connectivity index (χ0v) is 22.3. The van der Waals surface area contributed by atoms with Crippen molar-refractivity contribution in [2.24, 2.45) is 4.99 Å². The molecule has 0 spiro atoms. The second-order valence-corrected chi connectivity index (χ2v) is 9.34. The van der Waals surface area contributed by atoms with Crippen molar-refractivity contribution < 1.29 is 4.74 Å². The highest BCUT2D eigenvalue weighted by molar-refractivity contribution is 7.80. The molecule has 1 aromatic heterocycles. The summed E-state index contributed by atoms with van der Waals surface area (Å²) in [5.41, 5.74) is 6.18. The summed E-state index contributed by atoms with van der Waals surface area (Å²) in [5, 5.41) is 7.01. The van der Waals surface area contributed by atoms with E-state index in [1.165, 1.54) is 5.69 Å². The molecule has 0 amide bonds. The van der Waals surface area contributed by atoms with E-state index in [9.17, 15) is 0 Å². The van der Waals surface area contributed by atoms with Gasteiger partial charge in [0.1, 0.15) is 5.75 Å². The van der Waals surface area contributed by atoms with Crippen molar-refractivity contribution in [3.63, 3.8) is 0 Å². The van der Waals surface area contributed by atoms with Gasteiger partial charge in [0, 0.05) is 48.9 Å².